The van der Waals surface area contributed by atoms with Crippen LogP contribution >= 0.6 is 11.6 Å². The number of piperidine rings is 1. The summed E-state index contributed by atoms with van der Waals surface area (Å²) in [4.78, 5) is 9.85. The van der Waals surface area contributed by atoms with Crippen molar-refractivity contribution < 1.29 is 13.3 Å². The molecule has 2 unspecified atom stereocenters. The van der Waals surface area contributed by atoms with Gasteiger partial charge in [0, 0.05) is 24.2 Å². The van der Waals surface area contributed by atoms with E-state index in [1.807, 2.05) is 6.92 Å². The minimum absolute atomic E-state index is 0.00833. The monoisotopic (exact) mass is 333 g/mol. The molecule has 0 aliphatic carbocycles. The van der Waals surface area contributed by atoms with Gasteiger partial charge in [-0.1, -0.05) is 11.6 Å². The molecule has 1 saturated heterocycles. The van der Waals surface area contributed by atoms with Gasteiger partial charge in [0.25, 0.3) is 5.69 Å². The van der Waals surface area contributed by atoms with Gasteiger partial charge in [-0.15, -0.1) is 0 Å². The van der Waals surface area contributed by atoms with Crippen LogP contribution in [0.3, 0.4) is 0 Å². The maximum absolute atomic E-state index is 12.4. The normalized spacial score (nSPS) is 23.0. The van der Waals surface area contributed by atoms with E-state index in [1.165, 1.54) is 12.1 Å². The number of hydrogen-bond donors (Lipinski definition) is 2. The van der Waals surface area contributed by atoms with Gasteiger partial charge in [-0.25, -0.2) is 13.1 Å². The van der Waals surface area contributed by atoms with E-state index in [2.05, 4.69) is 10.0 Å². The third-order valence-electron chi connectivity index (χ3n) is 3.48. The van der Waals surface area contributed by atoms with E-state index in [4.69, 9.17) is 11.6 Å². The van der Waals surface area contributed by atoms with Crippen molar-refractivity contribution in [1.82, 2.24) is 10.0 Å². The maximum Gasteiger partial charge on any atom is 0.270 e. The van der Waals surface area contributed by atoms with E-state index < -0.39 is 14.9 Å². The number of rotatable bonds is 4. The number of sulfonamides is 1. The highest BCUT2D eigenvalue weighted by atomic mass is 35.5. The summed E-state index contributed by atoms with van der Waals surface area (Å²) in [5.74, 6) is 0. The molecule has 116 valence electrons. The summed E-state index contributed by atoms with van der Waals surface area (Å²) in [7, 11) is -3.91. The van der Waals surface area contributed by atoms with Gasteiger partial charge >= 0.3 is 0 Å². The molecule has 2 rings (SSSR count). The lowest BCUT2D eigenvalue weighted by molar-refractivity contribution is -0.385. The molecule has 1 aliphatic heterocycles. The van der Waals surface area contributed by atoms with Gasteiger partial charge < -0.3 is 5.32 Å². The molecule has 0 spiro atoms. The van der Waals surface area contributed by atoms with Crippen LogP contribution in [0.5, 0.6) is 0 Å². The molecule has 9 heteroatoms. The highest BCUT2D eigenvalue weighted by molar-refractivity contribution is 7.89. The molecule has 2 atom stereocenters. The Balaban J connectivity index is 2.30. The number of nitrogens with zero attached hydrogens (tertiary/aromatic N) is 1. The molecule has 2 N–H and O–H groups in total. The summed E-state index contributed by atoms with van der Waals surface area (Å²) in [6.45, 7) is 2.73. The molecule has 1 aliphatic rings. The van der Waals surface area contributed by atoms with Crippen molar-refractivity contribution >= 4 is 27.3 Å². The average molecular weight is 334 g/mol. The zero-order valence-corrected chi connectivity index (χ0v) is 12.9. The van der Waals surface area contributed by atoms with E-state index in [0.717, 1.165) is 19.0 Å². The molecule has 7 nitrogen and oxygen atoms in total. The molecular weight excluding hydrogens is 318 g/mol. The van der Waals surface area contributed by atoms with Gasteiger partial charge in [0.2, 0.25) is 10.0 Å². The topological polar surface area (TPSA) is 101 Å². The predicted octanol–water partition coefficient (Wildman–Crippen LogP) is 1.67. The fourth-order valence-electron chi connectivity index (χ4n) is 2.28. The SMILES string of the molecule is CC1NCCCC1NS(=O)(=O)c1cc([N+](=O)[O-])ccc1Cl. The van der Waals surface area contributed by atoms with Crippen LogP contribution in [0.4, 0.5) is 5.69 Å². The zero-order chi connectivity index (χ0) is 15.6. The van der Waals surface area contributed by atoms with Gasteiger partial charge in [-0.3, -0.25) is 10.1 Å². The van der Waals surface area contributed by atoms with E-state index in [9.17, 15) is 18.5 Å². The quantitative estimate of drug-likeness (QED) is 0.644. The fourth-order valence-corrected chi connectivity index (χ4v) is 4.15. The van der Waals surface area contributed by atoms with Crippen molar-refractivity contribution in [2.24, 2.45) is 0 Å². The number of non-ortho nitro benzene ring substituents is 1. The van der Waals surface area contributed by atoms with Gasteiger partial charge in [-0.05, 0) is 32.4 Å². The van der Waals surface area contributed by atoms with Crippen LogP contribution in [0.1, 0.15) is 19.8 Å². The second-order valence-electron chi connectivity index (χ2n) is 4.98. The van der Waals surface area contributed by atoms with Gasteiger partial charge in [0.05, 0.1) is 9.95 Å². The van der Waals surface area contributed by atoms with Crippen LogP contribution in [-0.4, -0.2) is 32.0 Å². The summed E-state index contributed by atoms with van der Waals surface area (Å²) in [5.41, 5.74) is -0.311. The summed E-state index contributed by atoms with van der Waals surface area (Å²) in [6.07, 6.45) is 1.57. The molecule has 0 saturated carbocycles. The Labute approximate surface area is 127 Å². The molecule has 1 fully saturated rings. The first-order chi connectivity index (χ1) is 9.81. The Hall–Kier alpha value is -1.22. The molecule has 1 heterocycles. The van der Waals surface area contributed by atoms with Crippen molar-refractivity contribution in [2.75, 3.05) is 6.54 Å². The lowest BCUT2D eigenvalue weighted by Gasteiger charge is -2.30. The van der Waals surface area contributed by atoms with Crippen LogP contribution in [-0.2, 0) is 10.0 Å². The number of nitro groups is 1. The Morgan fingerprint density at radius 2 is 2.19 bits per heavy atom. The zero-order valence-electron chi connectivity index (χ0n) is 11.4. The molecule has 1 aromatic rings. The molecule has 0 aromatic heterocycles. The molecule has 1 aromatic carbocycles. The summed E-state index contributed by atoms with van der Waals surface area (Å²) >= 11 is 5.88. The summed E-state index contributed by atoms with van der Waals surface area (Å²) in [5, 5.41) is 13.9. The van der Waals surface area contributed by atoms with Crippen LogP contribution in [0, 0.1) is 10.1 Å². The largest absolute Gasteiger partial charge is 0.313 e. The average Bonchev–Trinajstić information content (AvgIpc) is 2.41. The third-order valence-corrected chi connectivity index (χ3v) is 5.45. The fraction of sp³-hybridized carbons (Fsp3) is 0.500. The van der Waals surface area contributed by atoms with E-state index in [0.29, 0.717) is 6.42 Å². The lowest BCUT2D eigenvalue weighted by Crippen LogP contribution is -2.51. The van der Waals surface area contributed by atoms with Gasteiger partial charge in [0.1, 0.15) is 4.90 Å². The van der Waals surface area contributed by atoms with Crippen molar-refractivity contribution in [2.45, 2.75) is 36.7 Å². The van der Waals surface area contributed by atoms with E-state index in [-0.39, 0.29) is 27.7 Å². The second kappa shape index (κ2) is 6.27. The predicted molar refractivity (Wildman–Crippen MR) is 78.9 cm³/mol. The van der Waals surface area contributed by atoms with Crippen molar-refractivity contribution in [1.29, 1.82) is 0 Å². The minimum atomic E-state index is -3.91. The van der Waals surface area contributed by atoms with Gasteiger partial charge in [-0.2, -0.15) is 0 Å². The Kier molecular flexibility index (Phi) is 4.82. The van der Waals surface area contributed by atoms with Crippen molar-refractivity contribution in [3.05, 3.63) is 33.3 Å². The van der Waals surface area contributed by atoms with E-state index >= 15 is 0 Å². The Morgan fingerprint density at radius 1 is 1.48 bits per heavy atom. The summed E-state index contributed by atoms with van der Waals surface area (Å²) in [6, 6.07) is 3.10. The molecule has 21 heavy (non-hydrogen) atoms. The molecule has 0 amide bonds. The molecule has 0 bridgehead atoms. The van der Waals surface area contributed by atoms with E-state index in [1.54, 1.807) is 0 Å². The smallest absolute Gasteiger partial charge is 0.270 e. The standard InChI is InChI=1S/C12H16ClN3O4S/c1-8-11(3-2-6-14-8)15-21(19,20)12-7-9(16(17)18)4-5-10(12)13/h4-5,7-8,11,14-15H,2-3,6H2,1H3. The van der Waals surface area contributed by atoms with Crippen LogP contribution in [0.2, 0.25) is 5.02 Å². The minimum Gasteiger partial charge on any atom is -0.313 e. The number of nitrogens with one attached hydrogen (secondary N) is 2. The first-order valence-electron chi connectivity index (χ1n) is 6.51. The van der Waals surface area contributed by atoms with Gasteiger partial charge in [0.15, 0.2) is 0 Å². The highest BCUT2D eigenvalue weighted by Gasteiger charge is 2.28. The number of hydrogen-bond acceptors (Lipinski definition) is 5. The first kappa shape index (κ1) is 16.2. The number of halogens is 1. The Morgan fingerprint density at radius 3 is 2.81 bits per heavy atom. The highest BCUT2D eigenvalue weighted by Crippen LogP contribution is 2.26. The van der Waals surface area contributed by atoms with Crippen molar-refractivity contribution in [3.8, 4) is 0 Å². The number of nitro benzene ring substituents is 1. The first-order valence-corrected chi connectivity index (χ1v) is 8.37. The lowest BCUT2D eigenvalue weighted by atomic mass is 10.0. The number of benzene rings is 1. The third kappa shape index (κ3) is 3.70. The Bertz CT molecular complexity index is 650. The van der Waals surface area contributed by atoms with Crippen LogP contribution in [0.15, 0.2) is 23.1 Å². The molecule has 0 radical (unpaired) electrons. The summed E-state index contributed by atoms with van der Waals surface area (Å²) < 4.78 is 27.4. The van der Waals surface area contributed by atoms with Crippen LogP contribution in [0.25, 0.3) is 0 Å². The second-order valence-corrected chi connectivity index (χ2v) is 7.07. The van der Waals surface area contributed by atoms with Crippen LogP contribution < -0.4 is 10.0 Å². The van der Waals surface area contributed by atoms with Crippen molar-refractivity contribution in [3.63, 3.8) is 0 Å². The molecular formula is C12H16ClN3O4S. The maximum atomic E-state index is 12.4.